The number of nitrogens with zero attached hydrogens (tertiary/aromatic N) is 2. The highest BCUT2D eigenvalue weighted by Gasteiger charge is 2.20. The van der Waals surface area contributed by atoms with E-state index in [-0.39, 0.29) is 11.9 Å². The second-order valence-corrected chi connectivity index (χ2v) is 6.07. The van der Waals surface area contributed by atoms with Gasteiger partial charge in [-0.2, -0.15) is 0 Å². The second kappa shape index (κ2) is 8.18. The van der Waals surface area contributed by atoms with Crippen LogP contribution in [-0.2, 0) is 17.8 Å². The van der Waals surface area contributed by atoms with Crippen LogP contribution in [0.1, 0.15) is 24.1 Å². The first-order chi connectivity index (χ1) is 11.3. The Balaban J connectivity index is 1.43. The Morgan fingerprint density at radius 3 is 2.83 bits per heavy atom. The maximum Gasteiger partial charge on any atom is 0.123 e. The van der Waals surface area contributed by atoms with Crippen molar-refractivity contribution in [2.45, 2.75) is 32.0 Å². The van der Waals surface area contributed by atoms with E-state index in [4.69, 9.17) is 4.74 Å². The number of pyridine rings is 1. The third kappa shape index (κ3) is 5.12. The van der Waals surface area contributed by atoms with Crippen LogP contribution in [0.3, 0.4) is 0 Å². The minimum atomic E-state index is -0.172. The summed E-state index contributed by atoms with van der Waals surface area (Å²) in [4.78, 5) is 6.74. The lowest BCUT2D eigenvalue weighted by atomic mass is 10.1. The normalized spacial score (nSPS) is 18.9. The summed E-state index contributed by atoms with van der Waals surface area (Å²) in [7, 11) is 0. The lowest BCUT2D eigenvalue weighted by molar-refractivity contribution is -0.0109. The molecule has 2 aromatic rings. The standard InChI is InChI=1S/C19H23FN2O/c20-17-8-6-16(7-9-17)10-13-22-12-3-5-19(14-22)23-15-18-4-1-2-11-21-18/h1-2,4,6-9,11,19H,3,5,10,12-15H2. The zero-order valence-corrected chi connectivity index (χ0v) is 13.3. The van der Waals surface area contributed by atoms with Crippen molar-refractivity contribution in [3.05, 3.63) is 65.7 Å². The van der Waals surface area contributed by atoms with E-state index in [0.29, 0.717) is 6.61 Å². The number of rotatable bonds is 6. The molecule has 0 aliphatic carbocycles. The molecule has 0 saturated carbocycles. The van der Waals surface area contributed by atoms with E-state index in [9.17, 15) is 4.39 Å². The van der Waals surface area contributed by atoms with E-state index in [1.54, 1.807) is 6.20 Å². The lowest BCUT2D eigenvalue weighted by Gasteiger charge is -2.32. The maximum atomic E-state index is 12.9. The third-order valence-electron chi connectivity index (χ3n) is 4.29. The van der Waals surface area contributed by atoms with E-state index < -0.39 is 0 Å². The van der Waals surface area contributed by atoms with Crippen LogP contribution >= 0.6 is 0 Å². The fourth-order valence-electron chi connectivity index (χ4n) is 2.98. The highest BCUT2D eigenvalue weighted by atomic mass is 19.1. The summed E-state index contributed by atoms with van der Waals surface area (Å²) in [5.41, 5.74) is 2.17. The van der Waals surface area contributed by atoms with E-state index in [0.717, 1.165) is 44.6 Å². The summed E-state index contributed by atoms with van der Waals surface area (Å²) >= 11 is 0. The summed E-state index contributed by atoms with van der Waals surface area (Å²) in [6, 6.07) is 12.7. The molecule has 1 saturated heterocycles. The van der Waals surface area contributed by atoms with E-state index in [2.05, 4.69) is 9.88 Å². The van der Waals surface area contributed by atoms with Crippen LogP contribution < -0.4 is 0 Å². The van der Waals surface area contributed by atoms with Crippen molar-refractivity contribution in [1.29, 1.82) is 0 Å². The Kier molecular flexibility index (Phi) is 5.72. The number of benzene rings is 1. The minimum Gasteiger partial charge on any atom is -0.371 e. The van der Waals surface area contributed by atoms with Crippen LogP contribution in [0.4, 0.5) is 4.39 Å². The van der Waals surface area contributed by atoms with Crippen molar-refractivity contribution < 1.29 is 9.13 Å². The number of piperidine rings is 1. The highest BCUT2D eigenvalue weighted by Crippen LogP contribution is 2.15. The van der Waals surface area contributed by atoms with Crippen molar-refractivity contribution in [2.24, 2.45) is 0 Å². The first kappa shape index (κ1) is 16.1. The average Bonchev–Trinajstić information content (AvgIpc) is 2.61. The van der Waals surface area contributed by atoms with Gasteiger partial charge in [-0.25, -0.2) is 4.39 Å². The molecule has 0 amide bonds. The molecule has 1 atom stereocenters. The molecule has 1 fully saturated rings. The number of ether oxygens (including phenoxy) is 1. The van der Waals surface area contributed by atoms with Gasteiger partial charge in [-0.15, -0.1) is 0 Å². The summed E-state index contributed by atoms with van der Waals surface area (Å²) in [5, 5.41) is 0. The number of halogens is 1. The van der Waals surface area contributed by atoms with Crippen molar-refractivity contribution in [3.8, 4) is 0 Å². The van der Waals surface area contributed by atoms with Crippen molar-refractivity contribution in [3.63, 3.8) is 0 Å². The molecule has 0 N–H and O–H groups in total. The van der Waals surface area contributed by atoms with Gasteiger partial charge >= 0.3 is 0 Å². The van der Waals surface area contributed by atoms with Gasteiger partial charge in [-0.1, -0.05) is 18.2 Å². The van der Waals surface area contributed by atoms with Crippen LogP contribution in [0.15, 0.2) is 48.7 Å². The van der Waals surface area contributed by atoms with Crippen LogP contribution in [-0.4, -0.2) is 35.6 Å². The quantitative estimate of drug-likeness (QED) is 0.816. The second-order valence-electron chi connectivity index (χ2n) is 6.07. The third-order valence-corrected chi connectivity index (χ3v) is 4.29. The van der Waals surface area contributed by atoms with Gasteiger partial charge in [0.25, 0.3) is 0 Å². The number of aromatic nitrogens is 1. The topological polar surface area (TPSA) is 25.4 Å². The molecular weight excluding hydrogens is 291 g/mol. The van der Waals surface area contributed by atoms with Crippen LogP contribution in [0.25, 0.3) is 0 Å². The largest absolute Gasteiger partial charge is 0.371 e. The Hall–Kier alpha value is -1.78. The molecule has 4 heteroatoms. The Morgan fingerprint density at radius 2 is 2.04 bits per heavy atom. The summed E-state index contributed by atoms with van der Waals surface area (Å²) in [6.45, 7) is 3.66. The van der Waals surface area contributed by atoms with E-state index in [1.807, 2.05) is 30.3 Å². The maximum absolute atomic E-state index is 12.9. The Labute approximate surface area is 137 Å². The summed E-state index contributed by atoms with van der Waals surface area (Å²) < 4.78 is 18.9. The van der Waals surface area contributed by atoms with Gasteiger partial charge in [-0.05, 0) is 55.6 Å². The molecule has 1 aliphatic rings. The molecule has 1 aromatic heterocycles. The zero-order valence-electron chi connectivity index (χ0n) is 13.3. The van der Waals surface area contributed by atoms with Crippen molar-refractivity contribution in [1.82, 2.24) is 9.88 Å². The molecule has 0 spiro atoms. The molecule has 3 rings (SSSR count). The fourth-order valence-corrected chi connectivity index (χ4v) is 2.98. The first-order valence-corrected chi connectivity index (χ1v) is 8.28. The van der Waals surface area contributed by atoms with E-state index in [1.165, 1.54) is 17.7 Å². The first-order valence-electron chi connectivity index (χ1n) is 8.28. The SMILES string of the molecule is Fc1ccc(CCN2CCCC(OCc3ccccn3)C2)cc1. The van der Waals surface area contributed by atoms with Gasteiger partial charge in [0.1, 0.15) is 5.82 Å². The average molecular weight is 314 g/mol. The predicted molar refractivity (Wildman–Crippen MR) is 88.6 cm³/mol. The molecular formula is C19H23FN2O. The molecule has 23 heavy (non-hydrogen) atoms. The van der Waals surface area contributed by atoms with Crippen LogP contribution in [0.2, 0.25) is 0 Å². The molecule has 2 heterocycles. The fraction of sp³-hybridized carbons (Fsp3) is 0.421. The van der Waals surface area contributed by atoms with Gasteiger partial charge in [-0.3, -0.25) is 4.98 Å². The van der Waals surface area contributed by atoms with E-state index >= 15 is 0 Å². The minimum absolute atomic E-state index is 0.172. The molecule has 122 valence electrons. The number of hydrogen-bond acceptors (Lipinski definition) is 3. The molecule has 1 unspecified atom stereocenters. The van der Waals surface area contributed by atoms with Crippen LogP contribution in [0, 0.1) is 5.82 Å². The van der Waals surface area contributed by atoms with Crippen LogP contribution in [0.5, 0.6) is 0 Å². The monoisotopic (exact) mass is 314 g/mol. The molecule has 3 nitrogen and oxygen atoms in total. The van der Waals surface area contributed by atoms with Gasteiger partial charge in [0.15, 0.2) is 0 Å². The predicted octanol–water partition coefficient (Wildman–Crippen LogP) is 3.44. The van der Waals surface area contributed by atoms with Gasteiger partial charge in [0.05, 0.1) is 18.4 Å². The summed E-state index contributed by atoms with van der Waals surface area (Å²) in [5.74, 6) is -0.172. The molecule has 1 aliphatic heterocycles. The molecule has 0 radical (unpaired) electrons. The molecule has 0 bridgehead atoms. The van der Waals surface area contributed by atoms with Crippen molar-refractivity contribution >= 4 is 0 Å². The van der Waals surface area contributed by atoms with Gasteiger partial charge in [0, 0.05) is 19.3 Å². The molecule has 1 aromatic carbocycles. The van der Waals surface area contributed by atoms with Gasteiger partial charge in [0.2, 0.25) is 0 Å². The highest BCUT2D eigenvalue weighted by molar-refractivity contribution is 5.16. The zero-order chi connectivity index (χ0) is 15.9. The van der Waals surface area contributed by atoms with Crippen molar-refractivity contribution in [2.75, 3.05) is 19.6 Å². The Morgan fingerprint density at radius 1 is 1.17 bits per heavy atom. The number of likely N-dealkylation sites (tertiary alicyclic amines) is 1. The summed E-state index contributed by atoms with van der Waals surface area (Å²) in [6.07, 6.45) is 5.30. The Bertz CT molecular complexity index is 588. The van der Waals surface area contributed by atoms with Gasteiger partial charge < -0.3 is 9.64 Å². The smallest absolute Gasteiger partial charge is 0.123 e. The lowest BCUT2D eigenvalue weighted by Crippen LogP contribution is -2.40. The number of hydrogen-bond donors (Lipinski definition) is 0.